The molecule has 5 heteroatoms. The molecule has 0 radical (unpaired) electrons. The van der Waals surface area contributed by atoms with Gasteiger partial charge in [0.2, 0.25) is 0 Å². The highest BCUT2D eigenvalue weighted by molar-refractivity contribution is 5.84. The second kappa shape index (κ2) is 4.55. The molecular formula is C12H21NO4. The maximum atomic E-state index is 11.6. The van der Waals surface area contributed by atoms with Gasteiger partial charge in [0.05, 0.1) is 0 Å². The summed E-state index contributed by atoms with van der Waals surface area (Å²) in [5.74, 6) is -1.01. The Bertz CT molecular complexity index is 317. The highest BCUT2D eigenvalue weighted by atomic mass is 16.6. The smallest absolute Gasteiger partial charge is 0.408 e. The third kappa shape index (κ3) is 3.35. The number of ether oxygens (including phenoxy) is 1. The predicted molar refractivity (Wildman–Crippen MR) is 62.8 cm³/mol. The molecule has 1 fully saturated rings. The van der Waals surface area contributed by atoms with Crippen LogP contribution in [0.4, 0.5) is 4.79 Å². The molecule has 1 rings (SSSR count). The molecule has 2 N–H and O–H groups in total. The normalized spacial score (nSPS) is 20.0. The zero-order chi connectivity index (χ0) is 13.3. The highest BCUT2D eigenvalue weighted by Crippen LogP contribution is 2.36. The van der Waals surface area contributed by atoms with Crippen molar-refractivity contribution in [2.24, 2.45) is 5.92 Å². The van der Waals surface area contributed by atoms with E-state index in [1.54, 1.807) is 27.7 Å². The molecule has 98 valence electrons. The lowest BCUT2D eigenvalue weighted by atomic mass is 9.71. The van der Waals surface area contributed by atoms with E-state index >= 15 is 0 Å². The van der Waals surface area contributed by atoms with E-state index in [0.29, 0.717) is 0 Å². The molecule has 1 saturated carbocycles. The molecule has 17 heavy (non-hydrogen) atoms. The summed E-state index contributed by atoms with van der Waals surface area (Å²) in [6.45, 7) is 6.78. The number of rotatable bonds is 3. The van der Waals surface area contributed by atoms with Gasteiger partial charge in [0.25, 0.3) is 0 Å². The van der Waals surface area contributed by atoms with Crippen LogP contribution in [0.5, 0.6) is 0 Å². The molecule has 5 nitrogen and oxygen atoms in total. The van der Waals surface area contributed by atoms with E-state index in [-0.39, 0.29) is 5.92 Å². The van der Waals surface area contributed by atoms with Crippen LogP contribution in [0.2, 0.25) is 0 Å². The Labute approximate surface area is 102 Å². The van der Waals surface area contributed by atoms with Crippen molar-refractivity contribution in [1.82, 2.24) is 5.32 Å². The van der Waals surface area contributed by atoms with Crippen molar-refractivity contribution in [2.45, 2.75) is 58.1 Å². The fraction of sp³-hybridized carbons (Fsp3) is 0.833. The second-order valence-electron chi connectivity index (χ2n) is 5.76. The van der Waals surface area contributed by atoms with E-state index in [4.69, 9.17) is 4.74 Å². The lowest BCUT2D eigenvalue weighted by Gasteiger charge is -2.40. The molecule has 0 heterocycles. The molecule has 0 aromatic carbocycles. The first-order valence-electron chi connectivity index (χ1n) is 5.90. The van der Waals surface area contributed by atoms with E-state index in [2.05, 4.69) is 5.32 Å². The quantitative estimate of drug-likeness (QED) is 0.796. The summed E-state index contributed by atoms with van der Waals surface area (Å²) in [6.07, 6.45) is 2.01. The summed E-state index contributed by atoms with van der Waals surface area (Å²) in [6, 6.07) is 0. The molecule has 0 unspecified atom stereocenters. The van der Waals surface area contributed by atoms with Crippen molar-refractivity contribution in [1.29, 1.82) is 0 Å². The number of alkyl carbamates (subject to hydrolysis) is 1. The summed E-state index contributed by atoms with van der Waals surface area (Å²) in [5.41, 5.74) is -1.84. The van der Waals surface area contributed by atoms with Crippen molar-refractivity contribution in [3.05, 3.63) is 0 Å². The lowest BCUT2D eigenvalue weighted by molar-refractivity contribution is -0.148. The molecule has 0 aliphatic heterocycles. The molecule has 0 aromatic rings. The number of carboxylic acids is 1. The van der Waals surface area contributed by atoms with Crippen LogP contribution in [0.25, 0.3) is 0 Å². The van der Waals surface area contributed by atoms with Crippen molar-refractivity contribution in [3.8, 4) is 0 Å². The Kier molecular flexibility index (Phi) is 3.69. The van der Waals surface area contributed by atoms with Crippen LogP contribution in [-0.2, 0) is 9.53 Å². The number of carboxylic acid groups (broad SMARTS) is 1. The molecule has 0 spiro atoms. The summed E-state index contributed by atoms with van der Waals surface area (Å²) in [4.78, 5) is 22.9. The van der Waals surface area contributed by atoms with Crippen molar-refractivity contribution >= 4 is 12.1 Å². The van der Waals surface area contributed by atoms with Gasteiger partial charge in [0.1, 0.15) is 11.1 Å². The summed E-state index contributed by atoms with van der Waals surface area (Å²) < 4.78 is 5.09. The van der Waals surface area contributed by atoms with Gasteiger partial charge in [-0.1, -0.05) is 6.42 Å². The first kappa shape index (κ1) is 13.8. The fourth-order valence-electron chi connectivity index (χ4n) is 1.83. The summed E-state index contributed by atoms with van der Waals surface area (Å²) in [5, 5.41) is 11.7. The molecule has 0 saturated heterocycles. The van der Waals surface area contributed by atoms with E-state index in [9.17, 15) is 14.7 Å². The van der Waals surface area contributed by atoms with E-state index in [1.165, 1.54) is 0 Å². The van der Waals surface area contributed by atoms with Gasteiger partial charge in [0.15, 0.2) is 0 Å². The average molecular weight is 243 g/mol. The highest BCUT2D eigenvalue weighted by Gasteiger charge is 2.46. The first-order valence-corrected chi connectivity index (χ1v) is 5.90. The van der Waals surface area contributed by atoms with Gasteiger partial charge in [0, 0.05) is 0 Å². The average Bonchev–Trinajstić information content (AvgIpc) is 1.94. The number of hydrogen-bond acceptors (Lipinski definition) is 3. The number of aliphatic carboxylic acids is 1. The van der Waals surface area contributed by atoms with Gasteiger partial charge >= 0.3 is 12.1 Å². The maximum absolute atomic E-state index is 11.6. The van der Waals surface area contributed by atoms with Gasteiger partial charge in [-0.15, -0.1) is 0 Å². The Morgan fingerprint density at radius 1 is 1.24 bits per heavy atom. The molecule has 0 aromatic heterocycles. The minimum absolute atomic E-state index is 0.00693. The zero-order valence-corrected chi connectivity index (χ0v) is 10.9. The van der Waals surface area contributed by atoms with Gasteiger partial charge in [-0.25, -0.2) is 9.59 Å². The Morgan fingerprint density at radius 3 is 2.06 bits per heavy atom. The summed E-state index contributed by atoms with van der Waals surface area (Å²) in [7, 11) is 0. The fourth-order valence-corrected chi connectivity index (χ4v) is 1.83. The number of nitrogens with one attached hydrogen (secondary N) is 1. The van der Waals surface area contributed by atoms with Gasteiger partial charge < -0.3 is 15.2 Å². The van der Waals surface area contributed by atoms with E-state index in [0.717, 1.165) is 19.3 Å². The monoisotopic (exact) mass is 243 g/mol. The largest absolute Gasteiger partial charge is 0.480 e. The van der Waals surface area contributed by atoms with E-state index < -0.39 is 23.2 Å². The number of carbonyl (C=O) groups is 2. The second-order valence-corrected chi connectivity index (χ2v) is 5.76. The standard InChI is InChI=1S/C12H21NO4/c1-11(2,3)17-10(16)13-12(4,9(14)15)8-6-5-7-8/h8H,5-7H2,1-4H3,(H,13,16)(H,14,15)/t12-/m0/s1. The molecule has 1 aliphatic carbocycles. The Balaban J connectivity index is 2.67. The van der Waals surface area contributed by atoms with Crippen LogP contribution < -0.4 is 5.32 Å². The summed E-state index contributed by atoms with van der Waals surface area (Å²) >= 11 is 0. The SMILES string of the molecule is CC(C)(C)OC(=O)N[C@](C)(C(=O)O)C1CCC1. The zero-order valence-electron chi connectivity index (χ0n) is 10.9. The van der Waals surface area contributed by atoms with E-state index in [1.807, 2.05) is 0 Å². The van der Waals surface area contributed by atoms with Crippen molar-refractivity contribution in [3.63, 3.8) is 0 Å². The maximum Gasteiger partial charge on any atom is 0.408 e. The molecule has 0 bridgehead atoms. The number of hydrogen-bond donors (Lipinski definition) is 2. The van der Waals surface area contributed by atoms with Gasteiger partial charge in [-0.3, -0.25) is 0 Å². The van der Waals surface area contributed by atoms with Gasteiger partial charge in [-0.2, -0.15) is 0 Å². The lowest BCUT2D eigenvalue weighted by Crippen LogP contribution is -2.59. The predicted octanol–water partition coefficient (Wildman–Crippen LogP) is 2.15. The van der Waals surface area contributed by atoms with Crippen molar-refractivity contribution in [2.75, 3.05) is 0 Å². The minimum atomic E-state index is -1.22. The van der Waals surface area contributed by atoms with Crippen LogP contribution in [-0.4, -0.2) is 28.3 Å². The van der Waals surface area contributed by atoms with Crippen LogP contribution in [0.15, 0.2) is 0 Å². The van der Waals surface area contributed by atoms with Gasteiger partial charge in [-0.05, 0) is 46.5 Å². The first-order chi connectivity index (χ1) is 7.65. The third-order valence-electron chi connectivity index (χ3n) is 3.13. The molecule has 1 amide bonds. The molecule has 1 atom stereocenters. The Hall–Kier alpha value is -1.26. The van der Waals surface area contributed by atoms with Crippen LogP contribution in [0.1, 0.15) is 47.0 Å². The minimum Gasteiger partial charge on any atom is -0.480 e. The van der Waals surface area contributed by atoms with Crippen molar-refractivity contribution < 1.29 is 19.4 Å². The van der Waals surface area contributed by atoms with Crippen LogP contribution >= 0.6 is 0 Å². The molecule has 1 aliphatic rings. The van der Waals surface area contributed by atoms with Crippen LogP contribution in [0.3, 0.4) is 0 Å². The number of amides is 1. The van der Waals surface area contributed by atoms with Crippen LogP contribution in [0, 0.1) is 5.92 Å². The Morgan fingerprint density at radius 2 is 1.76 bits per heavy atom. The third-order valence-corrected chi connectivity index (χ3v) is 3.13. The topological polar surface area (TPSA) is 75.6 Å². The molecular weight excluding hydrogens is 222 g/mol. The number of carbonyl (C=O) groups excluding carboxylic acids is 1.